The maximum absolute atomic E-state index is 6.08. The fraction of sp³-hybridized carbons (Fsp3) is 0.105. The number of pyridine rings is 3. The predicted molar refractivity (Wildman–Crippen MR) is 256 cm³/mol. The number of aromatic nitrogens is 3. The van der Waals surface area contributed by atoms with Crippen molar-refractivity contribution < 1.29 is 33.4 Å². The van der Waals surface area contributed by atoms with Crippen LogP contribution in [-0.4, -0.2) is 15.0 Å². The summed E-state index contributed by atoms with van der Waals surface area (Å²) >= 11 is 0. The summed E-state index contributed by atoms with van der Waals surface area (Å²) in [4.78, 5) is 13.5. The number of fused-ring (bicyclic) bond motifs is 9. The van der Waals surface area contributed by atoms with Gasteiger partial charge >= 0.3 is 20.1 Å². The summed E-state index contributed by atoms with van der Waals surface area (Å²) in [5, 5.41) is 6.90. The summed E-state index contributed by atoms with van der Waals surface area (Å²) < 4.78 is 18.2. The van der Waals surface area contributed by atoms with E-state index in [0.29, 0.717) is 0 Å². The maximum atomic E-state index is 6.08. The van der Waals surface area contributed by atoms with Gasteiger partial charge < -0.3 is 28.2 Å². The Balaban J connectivity index is 0.000000121. The Morgan fingerprint density at radius 3 is 0.906 bits per heavy atom. The fourth-order valence-corrected chi connectivity index (χ4v) is 8.21. The normalized spacial score (nSPS) is 11.2. The van der Waals surface area contributed by atoms with E-state index in [-0.39, 0.29) is 20.1 Å². The van der Waals surface area contributed by atoms with Crippen LogP contribution in [0.25, 0.3) is 99.6 Å². The Kier molecular flexibility index (Phi) is 11.5. The average molecular weight is 1010 g/mol. The van der Waals surface area contributed by atoms with Gasteiger partial charge in [-0.15, -0.1) is 53.1 Å². The molecule has 6 heterocycles. The molecule has 6 aromatic heterocycles. The Hall–Kier alpha value is -7.18. The molecule has 0 saturated carbocycles. The van der Waals surface area contributed by atoms with Crippen LogP contribution in [0, 0.1) is 59.7 Å². The van der Waals surface area contributed by atoms with E-state index in [1.54, 1.807) is 0 Å². The largest absolute Gasteiger partial charge is 3.00 e. The molecular formula is C57H42IrN3O3. The van der Waals surface area contributed by atoms with Gasteiger partial charge in [-0.05, 0) is 72.7 Å². The molecule has 0 fully saturated rings. The van der Waals surface area contributed by atoms with E-state index in [1.807, 2.05) is 130 Å². The van der Waals surface area contributed by atoms with Crippen molar-refractivity contribution in [1.29, 1.82) is 0 Å². The molecule has 12 rings (SSSR count). The Bertz CT molecular complexity index is 3240. The van der Waals surface area contributed by atoms with Crippen LogP contribution < -0.4 is 0 Å². The standard InChI is InChI=1S/3C19H14NO.Ir/c3*1-12-7-10-16(20-11-12)14-9-8-13(2)18-15-5-3-4-6-17(15)21-19(14)18;/h3*3-8,10-11H,1-2H3;/q3*-1;+3. The molecule has 0 aliphatic heterocycles. The molecule has 0 radical (unpaired) electrons. The van der Waals surface area contributed by atoms with Crippen LogP contribution in [0.2, 0.25) is 0 Å². The summed E-state index contributed by atoms with van der Waals surface area (Å²) in [6.45, 7) is 12.4. The van der Waals surface area contributed by atoms with Gasteiger partial charge in [-0.25, -0.2) is 0 Å². The third kappa shape index (κ3) is 7.78. The van der Waals surface area contributed by atoms with Gasteiger partial charge in [0.2, 0.25) is 0 Å². The van der Waals surface area contributed by atoms with Crippen molar-refractivity contribution in [2.45, 2.75) is 41.5 Å². The van der Waals surface area contributed by atoms with Crippen molar-refractivity contribution >= 4 is 65.8 Å². The van der Waals surface area contributed by atoms with Gasteiger partial charge in [-0.2, -0.15) is 0 Å². The van der Waals surface area contributed by atoms with E-state index in [2.05, 4.69) is 90.3 Å². The summed E-state index contributed by atoms with van der Waals surface area (Å²) in [7, 11) is 0. The molecule has 7 heteroatoms. The minimum absolute atomic E-state index is 0. The minimum atomic E-state index is 0. The second-order valence-electron chi connectivity index (χ2n) is 16.1. The molecular weight excluding hydrogens is 967 g/mol. The van der Waals surface area contributed by atoms with Crippen LogP contribution in [0.1, 0.15) is 33.4 Å². The molecule has 6 nitrogen and oxygen atoms in total. The molecule has 0 saturated heterocycles. The first-order chi connectivity index (χ1) is 30.7. The van der Waals surface area contributed by atoms with Crippen LogP contribution in [0.3, 0.4) is 0 Å². The first-order valence-corrected chi connectivity index (χ1v) is 21.0. The molecule has 0 atom stereocenters. The van der Waals surface area contributed by atoms with Crippen LogP contribution in [0.5, 0.6) is 0 Å². The smallest absolute Gasteiger partial charge is 0.501 e. The molecule has 312 valence electrons. The van der Waals surface area contributed by atoms with E-state index in [1.165, 1.54) is 16.7 Å². The number of hydrogen-bond acceptors (Lipinski definition) is 6. The summed E-state index contributed by atoms with van der Waals surface area (Å²) in [5.74, 6) is 0. The number of benzene rings is 6. The average Bonchev–Trinajstić information content (AvgIpc) is 4.02. The van der Waals surface area contributed by atoms with Crippen molar-refractivity contribution in [3.63, 3.8) is 0 Å². The monoisotopic (exact) mass is 1010 g/mol. The van der Waals surface area contributed by atoms with Gasteiger partial charge in [0.1, 0.15) is 16.7 Å². The van der Waals surface area contributed by atoms with Gasteiger partial charge in [-0.1, -0.05) is 145 Å². The second kappa shape index (κ2) is 17.5. The molecule has 0 aliphatic carbocycles. The van der Waals surface area contributed by atoms with Gasteiger partial charge in [0.05, 0.1) is 16.7 Å². The van der Waals surface area contributed by atoms with Crippen molar-refractivity contribution in [2.75, 3.05) is 0 Å². The predicted octanol–water partition coefficient (Wildman–Crippen LogP) is 15.2. The Morgan fingerprint density at radius 1 is 0.359 bits per heavy atom. The van der Waals surface area contributed by atoms with Gasteiger partial charge in [0.25, 0.3) is 0 Å². The third-order valence-electron chi connectivity index (χ3n) is 11.5. The number of aryl methyl sites for hydroxylation is 6. The second-order valence-corrected chi connectivity index (χ2v) is 16.1. The van der Waals surface area contributed by atoms with Crippen LogP contribution in [-0.2, 0) is 20.1 Å². The molecule has 0 aliphatic rings. The number of furan rings is 3. The van der Waals surface area contributed by atoms with Crippen molar-refractivity contribution in [1.82, 2.24) is 15.0 Å². The third-order valence-corrected chi connectivity index (χ3v) is 11.5. The zero-order valence-corrected chi connectivity index (χ0v) is 38.7. The Morgan fingerprint density at radius 2 is 0.641 bits per heavy atom. The minimum Gasteiger partial charge on any atom is -0.501 e. The van der Waals surface area contributed by atoms with Crippen LogP contribution in [0.4, 0.5) is 0 Å². The zero-order valence-electron chi connectivity index (χ0n) is 36.3. The van der Waals surface area contributed by atoms with Gasteiger partial charge in [0, 0.05) is 34.7 Å². The first kappa shape index (κ1) is 42.1. The van der Waals surface area contributed by atoms with Crippen molar-refractivity contribution in [3.05, 3.63) is 198 Å². The molecule has 0 spiro atoms. The van der Waals surface area contributed by atoms with E-state index in [4.69, 9.17) is 13.3 Å². The molecule has 12 aromatic rings. The zero-order chi connectivity index (χ0) is 43.2. The molecule has 0 N–H and O–H groups in total. The van der Waals surface area contributed by atoms with Crippen molar-refractivity contribution in [3.8, 4) is 33.8 Å². The SMILES string of the molecule is Cc1ccc(-c2[c-]cc(C)c3c2oc2ccccc23)nc1.Cc1ccc(-c2[c-]cc(C)c3c2oc2ccccc23)nc1.Cc1ccc(-c2[c-]cc(C)c3c2oc2ccccc23)nc1.[Ir+3]. The first-order valence-electron chi connectivity index (χ1n) is 21.0. The van der Waals surface area contributed by atoms with Gasteiger partial charge in [0.15, 0.2) is 0 Å². The quantitative estimate of drug-likeness (QED) is 0.164. The summed E-state index contributed by atoms with van der Waals surface area (Å²) in [6, 6.07) is 52.6. The van der Waals surface area contributed by atoms with E-state index < -0.39 is 0 Å². The molecule has 6 aromatic carbocycles. The molecule has 64 heavy (non-hydrogen) atoms. The van der Waals surface area contributed by atoms with Gasteiger partial charge in [-0.3, -0.25) is 0 Å². The fourth-order valence-electron chi connectivity index (χ4n) is 8.21. The topological polar surface area (TPSA) is 78.1 Å². The number of nitrogens with zero attached hydrogens (tertiary/aromatic N) is 3. The Labute approximate surface area is 385 Å². The number of hydrogen-bond donors (Lipinski definition) is 0. The van der Waals surface area contributed by atoms with E-state index >= 15 is 0 Å². The van der Waals surface area contributed by atoms with Crippen molar-refractivity contribution in [2.24, 2.45) is 0 Å². The van der Waals surface area contributed by atoms with Crippen LogP contribution in [0.15, 0.2) is 159 Å². The van der Waals surface area contributed by atoms with Crippen LogP contribution >= 0.6 is 0 Å². The maximum Gasteiger partial charge on any atom is 3.00 e. The number of para-hydroxylation sites is 3. The molecule has 0 amide bonds. The molecule has 0 unspecified atom stereocenters. The summed E-state index contributed by atoms with van der Waals surface area (Å²) in [6.07, 6.45) is 5.62. The molecule has 0 bridgehead atoms. The van der Waals surface area contributed by atoms with E-state index in [0.717, 1.165) is 116 Å². The number of rotatable bonds is 3. The van der Waals surface area contributed by atoms with E-state index in [9.17, 15) is 0 Å². The summed E-state index contributed by atoms with van der Waals surface area (Å²) in [5.41, 5.74) is 17.7.